The SMILES string of the molecule is Cc1nnc(-c2cn3ncnc(Oc4ccc(C(C(N)=O)C(=O)Nc5ccc(F)cc5)cc4F)c3c2C)o1. The largest absolute Gasteiger partial charge is 0.434 e. The van der Waals surface area contributed by atoms with Crippen LogP contribution in [0.25, 0.3) is 17.0 Å². The molecular weight excluding hydrogens is 500 g/mol. The summed E-state index contributed by atoms with van der Waals surface area (Å²) in [5.74, 6) is -4.17. The number of aromatic nitrogens is 5. The second kappa shape index (κ2) is 9.69. The van der Waals surface area contributed by atoms with Crippen LogP contribution in [0, 0.1) is 25.5 Å². The Morgan fingerprint density at radius 2 is 1.87 bits per heavy atom. The zero-order valence-corrected chi connectivity index (χ0v) is 20.0. The van der Waals surface area contributed by atoms with Crippen molar-refractivity contribution in [1.82, 2.24) is 24.8 Å². The average molecular weight is 519 g/mol. The van der Waals surface area contributed by atoms with E-state index < -0.39 is 29.4 Å². The second-order valence-corrected chi connectivity index (χ2v) is 8.28. The van der Waals surface area contributed by atoms with Gasteiger partial charge in [-0.3, -0.25) is 9.59 Å². The van der Waals surface area contributed by atoms with Crippen molar-refractivity contribution in [3.05, 3.63) is 83.6 Å². The number of nitrogens with two attached hydrogens (primary N) is 1. The van der Waals surface area contributed by atoms with E-state index in [2.05, 4.69) is 25.6 Å². The summed E-state index contributed by atoms with van der Waals surface area (Å²) >= 11 is 0. The Kier molecular flexibility index (Phi) is 6.24. The van der Waals surface area contributed by atoms with Crippen LogP contribution in [0.2, 0.25) is 0 Å². The van der Waals surface area contributed by atoms with Gasteiger partial charge in [-0.05, 0) is 54.4 Å². The van der Waals surface area contributed by atoms with E-state index in [1.807, 2.05) is 0 Å². The number of fused-ring (bicyclic) bond motifs is 1. The highest BCUT2D eigenvalue weighted by Crippen LogP contribution is 2.34. The van der Waals surface area contributed by atoms with Crippen molar-refractivity contribution in [3.8, 4) is 23.1 Å². The lowest BCUT2D eigenvalue weighted by molar-refractivity contribution is -0.127. The highest BCUT2D eigenvalue weighted by atomic mass is 19.1. The van der Waals surface area contributed by atoms with Gasteiger partial charge in [0.1, 0.15) is 23.6 Å². The third-order valence-corrected chi connectivity index (χ3v) is 5.70. The Bertz CT molecular complexity index is 1680. The van der Waals surface area contributed by atoms with Gasteiger partial charge in [-0.2, -0.15) is 10.1 Å². The first kappa shape index (κ1) is 24.5. The van der Waals surface area contributed by atoms with Crippen LogP contribution in [0.4, 0.5) is 14.5 Å². The Morgan fingerprint density at radius 1 is 1.11 bits per heavy atom. The van der Waals surface area contributed by atoms with Gasteiger partial charge in [-0.25, -0.2) is 13.3 Å². The van der Waals surface area contributed by atoms with Gasteiger partial charge in [0.15, 0.2) is 11.6 Å². The van der Waals surface area contributed by atoms with Gasteiger partial charge in [0.2, 0.25) is 29.5 Å². The summed E-state index contributed by atoms with van der Waals surface area (Å²) in [4.78, 5) is 29.0. The van der Waals surface area contributed by atoms with E-state index >= 15 is 4.39 Å². The van der Waals surface area contributed by atoms with Gasteiger partial charge >= 0.3 is 0 Å². The summed E-state index contributed by atoms with van der Waals surface area (Å²) in [6.45, 7) is 3.44. The minimum Gasteiger partial charge on any atom is -0.434 e. The molecule has 3 heterocycles. The Labute approximate surface area is 213 Å². The topological polar surface area (TPSA) is 151 Å². The van der Waals surface area contributed by atoms with E-state index in [-0.39, 0.29) is 28.8 Å². The normalized spacial score (nSPS) is 11.9. The highest BCUT2D eigenvalue weighted by Gasteiger charge is 2.28. The highest BCUT2D eigenvalue weighted by molar-refractivity contribution is 6.10. The molecule has 2 aromatic carbocycles. The molecule has 0 saturated carbocycles. The van der Waals surface area contributed by atoms with Gasteiger partial charge in [0.25, 0.3) is 0 Å². The van der Waals surface area contributed by atoms with E-state index in [0.717, 1.165) is 18.2 Å². The quantitative estimate of drug-likeness (QED) is 0.309. The summed E-state index contributed by atoms with van der Waals surface area (Å²) in [6.07, 6.45) is 2.89. The molecule has 5 aromatic rings. The molecule has 192 valence electrons. The number of rotatable bonds is 7. The van der Waals surface area contributed by atoms with Crippen LogP contribution in [0.1, 0.15) is 22.9 Å². The molecule has 0 aliphatic rings. The molecule has 5 rings (SSSR count). The van der Waals surface area contributed by atoms with E-state index in [9.17, 15) is 14.0 Å². The van der Waals surface area contributed by atoms with Gasteiger partial charge in [0.05, 0.1) is 5.56 Å². The predicted molar refractivity (Wildman–Crippen MR) is 129 cm³/mol. The number of hydrogen-bond acceptors (Lipinski definition) is 8. The number of carbonyl (C=O) groups is 2. The maximum atomic E-state index is 15.1. The molecule has 3 aromatic heterocycles. The van der Waals surface area contributed by atoms with Gasteiger partial charge in [0, 0.05) is 18.8 Å². The lowest BCUT2D eigenvalue weighted by Crippen LogP contribution is -2.32. The predicted octanol–water partition coefficient (Wildman–Crippen LogP) is 3.67. The maximum Gasteiger partial charge on any atom is 0.249 e. The van der Waals surface area contributed by atoms with Gasteiger partial charge < -0.3 is 20.2 Å². The van der Waals surface area contributed by atoms with E-state index in [1.54, 1.807) is 20.0 Å². The molecule has 0 aliphatic carbocycles. The summed E-state index contributed by atoms with van der Waals surface area (Å²) in [6, 6.07) is 8.50. The summed E-state index contributed by atoms with van der Waals surface area (Å²) < 4.78 is 41.0. The number of amides is 2. The number of benzene rings is 2. The molecule has 0 aliphatic heterocycles. The standard InChI is InChI=1S/C25H19F2N7O4/c1-12-17(24-33-32-13(2)37-24)10-34-21(12)25(29-11-30-34)38-19-8-3-14(9-18(19)27)20(22(28)35)23(36)31-16-6-4-15(26)5-7-16/h3-11,20H,1-2H3,(H2,28,35)(H,31,36). The third kappa shape index (κ3) is 4.64. The third-order valence-electron chi connectivity index (χ3n) is 5.70. The Morgan fingerprint density at radius 3 is 2.53 bits per heavy atom. The van der Waals surface area contributed by atoms with Crippen LogP contribution in [-0.2, 0) is 9.59 Å². The number of carbonyl (C=O) groups excluding carboxylic acids is 2. The van der Waals surface area contributed by atoms with E-state index in [0.29, 0.717) is 22.5 Å². The molecule has 38 heavy (non-hydrogen) atoms. The zero-order chi connectivity index (χ0) is 27.0. The van der Waals surface area contributed by atoms with E-state index in [1.165, 1.54) is 35.1 Å². The number of hydrogen-bond donors (Lipinski definition) is 2. The van der Waals surface area contributed by atoms with Crippen molar-refractivity contribution in [2.45, 2.75) is 19.8 Å². The molecule has 0 spiro atoms. The number of nitrogens with zero attached hydrogens (tertiary/aromatic N) is 5. The van der Waals surface area contributed by atoms with Crippen LogP contribution >= 0.6 is 0 Å². The molecular formula is C25H19F2N7O4. The fourth-order valence-corrected chi connectivity index (χ4v) is 3.90. The molecule has 13 heteroatoms. The Hall–Kier alpha value is -5.20. The van der Waals surface area contributed by atoms with Gasteiger partial charge in [-0.1, -0.05) is 6.07 Å². The molecule has 1 atom stereocenters. The van der Waals surface area contributed by atoms with Crippen molar-refractivity contribution in [2.24, 2.45) is 5.73 Å². The molecule has 2 amide bonds. The number of anilines is 1. The van der Waals surface area contributed by atoms with Crippen LogP contribution < -0.4 is 15.8 Å². The summed E-state index contributed by atoms with van der Waals surface area (Å²) in [5, 5.41) is 14.5. The average Bonchev–Trinajstić information content (AvgIpc) is 3.45. The molecule has 1 unspecified atom stereocenters. The minimum absolute atomic E-state index is 0.00251. The van der Waals surface area contributed by atoms with Crippen molar-refractivity contribution < 1.29 is 27.5 Å². The lowest BCUT2D eigenvalue weighted by atomic mass is 9.97. The molecule has 3 N–H and O–H groups in total. The number of halogens is 2. The Balaban J connectivity index is 1.43. The van der Waals surface area contributed by atoms with Crippen molar-refractivity contribution in [1.29, 1.82) is 0 Å². The van der Waals surface area contributed by atoms with Crippen molar-refractivity contribution in [3.63, 3.8) is 0 Å². The zero-order valence-electron chi connectivity index (χ0n) is 20.0. The fourth-order valence-electron chi connectivity index (χ4n) is 3.90. The van der Waals surface area contributed by atoms with Gasteiger partial charge in [-0.15, -0.1) is 10.2 Å². The molecule has 0 fully saturated rings. The molecule has 0 radical (unpaired) electrons. The first-order chi connectivity index (χ1) is 18.2. The van der Waals surface area contributed by atoms with Crippen LogP contribution in [0.3, 0.4) is 0 Å². The first-order valence-corrected chi connectivity index (χ1v) is 11.2. The lowest BCUT2D eigenvalue weighted by Gasteiger charge is -2.15. The first-order valence-electron chi connectivity index (χ1n) is 11.2. The number of primary amides is 1. The van der Waals surface area contributed by atoms with Crippen LogP contribution in [-0.4, -0.2) is 36.6 Å². The smallest absolute Gasteiger partial charge is 0.249 e. The monoisotopic (exact) mass is 519 g/mol. The van der Waals surface area contributed by atoms with Crippen molar-refractivity contribution in [2.75, 3.05) is 5.32 Å². The van der Waals surface area contributed by atoms with E-state index in [4.69, 9.17) is 14.9 Å². The second-order valence-electron chi connectivity index (χ2n) is 8.28. The van der Waals surface area contributed by atoms with Crippen molar-refractivity contribution >= 4 is 23.0 Å². The molecule has 0 bridgehead atoms. The van der Waals surface area contributed by atoms with Crippen LogP contribution in [0.15, 0.2) is 59.4 Å². The molecule has 11 nitrogen and oxygen atoms in total. The number of nitrogens with one attached hydrogen (secondary N) is 1. The minimum atomic E-state index is -1.51. The number of ether oxygens (including phenoxy) is 1. The molecule has 0 saturated heterocycles. The summed E-state index contributed by atoms with van der Waals surface area (Å²) in [5.41, 5.74) is 7.39. The summed E-state index contributed by atoms with van der Waals surface area (Å²) in [7, 11) is 0. The fraction of sp³-hybridized carbons (Fsp3) is 0.120. The number of aryl methyl sites for hydroxylation is 2. The maximum absolute atomic E-state index is 15.1. The van der Waals surface area contributed by atoms with Crippen LogP contribution in [0.5, 0.6) is 11.6 Å².